The standard InChI is InChI=1S/C7H8O2/c1-3-7(2)4-5(7)6(8)9/h1,5H,4H2,2H3,(H,8,9)/t5-,7-/m1/s1. The molecule has 0 heterocycles. The third kappa shape index (κ3) is 0.787. The molecule has 0 spiro atoms. The molecule has 1 saturated carbocycles. The Labute approximate surface area is 53.9 Å². The maximum absolute atomic E-state index is 10.2. The SMILES string of the molecule is C#C[C@]1(C)C[C@@H]1C(=O)O. The second-order valence-corrected chi connectivity index (χ2v) is 2.66. The molecule has 1 fully saturated rings. The summed E-state index contributed by atoms with van der Waals surface area (Å²) in [6.07, 6.45) is 5.72. The van der Waals surface area contributed by atoms with Gasteiger partial charge in [0.1, 0.15) is 0 Å². The number of hydrogen-bond acceptors (Lipinski definition) is 1. The summed E-state index contributed by atoms with van der Waals surface area (Å²) >= 11 is 0. The number of carboxylic acid groups (broad SMARTS) is 1. The van der Waals surface area contributed by atoms with Crippen molar-refractivity contribution in [1.82, 2.24) is 0 Å². The minimum atomic E-state index is -0.768. The summed E-state index contributed by atoms with van der Waals surface area (Å²) in [7, 11) is 0. The van der Waals surface area contributed by atoms with Crippen molar-refractivity contribution in [3.8, 4) is 12.3 Å². The summed E-state index contributed by atoms with van der Waals surface area (Å²) in [6.45, 7) is 1.80. The number of terminal acetylenes is 1. The lowest BCUT2D eigenvalue weighted by Crippen LogP contribution is -2.04. The average Bonchev–Trinajstić information content (AvgIpc) is 2.44. The normalized spacial score (nSPS) is 39.3. The van der Waals surface area contributed by atoms with E-state index in [4.69, 9.17) is 11.5 Å². The van der Waals surface area contributed by atoms with Gasteiger partial charge in [0.05, 0.1) is 5.92 Å². The van der Waals surface area contributed by atoms with Gasteiger partial charge in [0.15, 0.2) is 0 Å². The van der Waals surface area contributed by atoms with Gasteiger partial charge >= 0.3 is 5.97 Å². The van der Waals surface area contributed by atoms with E-state index < -0.39 is 5.97 Å². The Balaban J connectivity index is 2.61. The van der Waals surface area contributed by atoms with E-state index >= 15 is 0 Å². The van der Waals surface area contributed by atoms with Crippen molar-refractivity contribution in [2.75, 3.05) is 0 Å². The highest BCUT2D eigenvalue weighted by Crippen LogP contribution is 2.51. The lowest BCUT2D eigenvalue weighted by molar-refractivity contribution is -0.139. The smallest absolute Gasteiger partial charge is 0.308 e. The maximum Gasteiger partial charge on any atom is 0.308 e. The number of hydrogen-bond donors (Lipinski definition) is 1. The zero-order chi connectivity index (χ0) is 7.07. The topological polar surface area (TPSA) is 37.3 Å². The second kappa shape index (κ2) is 1.51. The Morgan fingerprint density at radius 3 is 2.67 bits per heavy atom. The predicted octanol–water partition coefficient (Wildman–Crippen LogP) is 0.730. The van der Waals surface area contributed by atoms with Crippen molar-refractivity contribution in [3.63, 3.8) is 0 Å². The van der Waals surface area contributed by atoms with Gasteiger partial charge < -0.3 is 5.11 Å². The second-order valence-electron chi connectivity index (χ2n) is 2.66. The van der Waals surface area contributed by atoms with Gasteiger partial charge in [-0.1, -0.05) is 5.92 Å². The van der Waals surface area contributed by atoms with Gasteiger partial charge in [-0.25, -0.2) is 0 Å². The van der Waals surface area contributed by atoms with Crippen LogP contribution in [-0.4, -0.2) is 11.1 Å². The molecule has 0 radical (unpaired) electrons. The molecule has 0 aromatic rings. The first-order valence-corrected chi connectivity index (χ1v) is 2.81. The predicted molar refractivity (Wildman–Crippen MR) is 32.7 cm³/mol. The molecule has 48 valence electrons. The van der Waals surface area contributed by atoms with E-state index in [0.717, 1.165) is 0 Å². The molecule has 1 N–H and O–H groups in total. The first-order valence-electron chi connectivity index (χ1n) is 2.81. The van der Waals surface area contributed by atoms with Crippen LogP contribution in [0, 0.1) is 23.7 Å². The van der Waals surface area contributed by atoms with E-state index in [1.165, 1.54) is 0 Å². The summed E-state index contributed by atoms with van der Waals surface area (Å²) in [4.78, 5) is 10.2. The highest BCUT2D eigenvalue weighted by molar-refractivity contribution is 5.75. The van der Waals surface area contributed by atoms with Crippen LogP contribution in [0.5, 0.6) is 0 Å². The Morgan fingerprint density at radius 2 is 2.56 bits per heavy atom. The highest BCUT2D eigenvalue weighted by Gasteiger charge is 2.53. The fraction of sp³-hybridized carbons (Fsp3) is 0.571. The fourth-order valence-corrected chi connectivity index (χ4v) is 0.884. The van der Waals surface area contributed by atoms with Crippen LogP contribution in [0.15, 0.2) is 0 Å². The number of rotatable bonds is 1. The van der Waals surface area contributed by atoms with Gasteiger partial charge in [0.25, 0.3) is 0 Å². The molecular weight excluding hydrogens is 116 g/mol. The molecule has 2 nitrogen and oxygen atoms in total. The molecule has 2 atom stereocenters. The third-order valence-electron chi connectivity index (χ3n) is 1.86. The van der Waals surface area contributed by atoms with Gasteiger partial charge in [-0.05, 0) is 13.3 Å². The molecule has 0 bridgehead atoms. The van der Waals surface area contributed by atoms with E-state index in [1.54, 1.807) is 6.92 Å². The van der Waals surface area contributed by atoms with E-state index in [2.05, 4.69) is 5.92 Å². The van der Waals surface area contributed by atoms with Crippen LogP contribution in [0.1, 0.15) is 13.3 Å². The summed E-state index contributed by atoms with van der Waals surface area (Å²) in [6, 6.07) is 0. The monoisotopic (exact) mass is 124 g/mol. The molecular formula is C7H8O2. The Kier molecular flexibility index (Phi) is 1.03. The van der Waals surface area contributed by atoms with Crippen molar-refractivity contribution in [3.05, 3.63) is 0 Å². The molecule has 0 aromatic heterocycles. The van der Waals surface area contributed by atoms with Gasteiger partial charge in [-0.3, -0.25) is 4.79 Å². The third-order valence-corrected chi connectivity index (χ3v) is 1.86. The lowest BCUT2D eigenvalue weighted by atomic mass is 10.1. The van der Waals surface area contributed by atoms with Crippen LogP contribution < -0.4 is 0 Å². The van der Waals surface area contributed by atoms with E-state index in [1.807, 2.05) is 0 Å². The Bertz CT molecular complexity index is 190. The molecule has 9 heavy (non-hydrogen) atoms. The number of carbonyl (C=O) groups is 1. The molecule has 1 aliphatic rings. The highest BCUT2D eigenvalue weighted by atomic mass is 16.4. The molecule has 0 aliphatic heterocycles. The van der Waals surface area contributed by atoms with Crippen molar-refractivity contribution in [2.24, 2.45) is 11.3 Å². The van der Waals surface area contributed by atoms with Crippen LogP contribution in [0.2, 0.25) is 0 Å². The molecule has 0 amide bonds. The van der Waals surface area contributed by atoms with E-state index in [9.17, 15) is 4.79 Å². The zero-order valence-corrected chi connectivity index (χ0v) is 5.22. The summed E-state index contributed by atoms with van der Waals surface area (Å²) in [5.41, 5.74) is -0.341. The average molecular weight is 124 g/mol. The van der Waals surface area contributed by atoms with Crippen LogP contribution in [0.3, 0.4) is 0 Å². The van der Waals surface area contributed by atoms with Crippen LogP contribution in [0.25, 0.3) is 0 Å². The largest absolute Gasteiger partial charge is 0.481 e. The van der Waals surface area contributed by atoms with Crippen molar-refractivity contribution < 1.29 is 9.90 Å². The first kappa shape index (κ1) is 6.15. The van der Waals surface area contributed by atoms with Crippen LogP contribution in [0.4, 0.5) is 0 Å². The van der Waals surface area contributed by atoms with Crippen molar-refractivity contribution >= 4 is 5.97 Å². The molecule has 2 heteroatoms. The Morgan fingerprint density at radius 1 is 2.00 bits per heavy atom. The Hall–Kier alpha value is -0.970. The molecule has 1 aliphatic carbocycles. The molecule has 0 aromatic carbocycles. The molecule has 0 unspecified atom stereocenters. The van der Waals surface area contributed by atoms with Gasteiger partial charge in [-0.2, -0.15) is 0 Å². The first-order chi connectivity index (χ1) is 4.10. The van der Waals surface area contributed by atoms with E-state index in [-0.39, 0.29) is 11.3 Å². The van der Waals surface area contributed by atoms with E-state index in [0.29, 0.717) is 6.42 Å². The minimum Gasteiger partial charge on any atom is -0.481 e. The van der Waals surface area contributed by atoms with Crippen LogP contribution in [-0.2, 0) is 4.79 Å². The molecule has 1 rings (SSSR count). The van der Waals surface area contributed by atoms with Gasteiger partial charge in [0, 0.05) is 5.41 Å². The van der Waals surface area contributed by atoms with Crippen LogP contribution >= 0.6 is 0 Å². The lowest BCUT2D eigenvalue weighted by Gasteiger charge is -1.94. The zero-order valence-electron chi connectivity index (χ0n) is 5.22. The summed E-state index contributed by atoms with van der Waals surface area (Å²) in [5.74, 6) is 1.41. The number of aliphatic carboxylic acids is 1. The quantitative estimate of drug-likeness (QED) is 0.523. The minimum absolute atomic E-state index is 0.289. The maximum atomic E-state index is 10.2. The van der Waals surface area contributed by atoms with Crippen molar-refractivity contribution in [2.45, 2.75) is 13.3 Å². The molecule has 0 saturated heterocycles. The summed E-state index contributed by atoms with van der Waals surface area (Å²) < 4.78 is 0. The fourth-order valence-electron chi connectivity index (χ4n) is 0.884. The van der Waals surface area contributed by atoms with Crippen molar-refractivity contribution in [1.29, 1.82) is 0 Å². The number of carboxylic acids is 1. The van der Waals surface area contributed by atoms with Gasteiger partial charge in [-0.15, -0.1) is 6.42 Å². The summed E-state index contributed by atoms with van der Waals surface area (Å²) in [5, 5.41) is 8.42. The van der Waals surface area contributed by atoms with Gasteiger partial charge in [0.2, 0.25) is 0 Å².